The predicted octanol–water partition coefficient (Wildman–Crippen LogP) is 2.03. The van der Waals surface area contributed by atoms with E-state index in [2.05, 4.69) is 5.32 Å². The minimum Gasteiger partial charge on any atom is -0.481 e. The largest absolute Gasteiger partial charge is 0.481 e. The molecule has 6 nitrogen and oxygen atoms in total. The Kier molecular flexibility index (Phi) is 5.64. The Morgan fingerprint density at radius 3 is 2.36 bits per heavy atom. The first-order chi connectivity index (χ1) is 12.0. The maximum absolute atomic E-state index is 12.6. The summed E-state index contributed by atoms with van der Waals surface area (Å²) < 4.78 is 0. The molecule has 1 heterocycles. The zero-order valence-corrected chi connectivity index (χ0v) is 15.1. The highest BCUT2D eigenvalue weighted by Gasteiger charge is 2.47. The van der Waals surface area contributed by atoms with E-state index in [4.69, 9.17) is 0 Å². The summed E-state index contributed by atoms with van der Waals surface area (Å²) in [5.41, 5.74) is 0. The monoisotopic (exact) mass is 350 g/mol. The number of amides is 2. The number of hydrogen-bond acceptors (Lipinski definition) is 3. The fourth-order valence-electron chi connectivity index (χ4n) is 4.56. The first kappa shape index (κ1) is 18.2. The molecule has 2 aliphatic carbocycles. The molecule has 2 saturated carbocycles. The molecule has 3 fully saturated rings. The van der Waals surface area contributed by atoms with Crippen LogP contribution in [0.5, 0.6) is 0 Å². The van der Waals surface area contributed by atoms with E-state index in [9.17, 15) is 19.5 Å². The van der Waals surface area contributed by atoms with Crippen LogP contribution in [-0.2, 0) is 14.4 Å². The van der Waals surface area contributed by atoms with Gasteiger partial charge in [-0.05, 0) is 50.4 Å². The van der Waals surface area contributed by atoms with Crippen molar-refractivity contribution >= 4 is 17.8 Å². The van der Waals surface area contributed by atoms with Gasteiger partial charge in [-0.3, -0.25) is 14.4 Å². The highest BCUT2D eigenvalue weighted by Crippen LogP contribution is 2.44. The van der Waals surface area contributed by atoms with Crippen LogP contribution in [-0.4, -0.2) is 46.9 Å². The van der Waals surface area contributed by atoms with E-state index in [0.717, 1.165) is 25.7 Å². The van der Waals surface area contributed by atoms with E-state index in [1.54, 1.807) is 11.8 Å². The molecule has 1 saturated heterocycles. The van der Waals surface area contributed by atoms with Crippen molar-refractivity contribution in [3.63, 3.8) is 0 Å². The number of carbonyl (C=O) groups excluding carboxylic acids is 2. The van der Waals surface area contributed by atoms with Crippen LogP contribution in [0, 0.1) is 23.7 Å². The number of carbonyl (C=O) groups is 3. The Morgan fingerprint density at radius 2 is 1.76 bits per heavy atom. The Morgan fingerprint density at radius 1 is 1.08 bits per heavy atom. The molecule has 0 radical (unpaired) electrons. The van der Waals surface area contributed by atoms with Gasteiger partial charge in [0.25, 0.3) is 0 Å². The van der Waals surface area contributed by atoms with E-state index in [0.29, 0.717) is 24.8 Å². The van der Waals surface area contributed by atoms with Gasteiger partial charge in [0.15, 0.2) is 0 Å². The second kappa shape index (κ2) is 7.75. The van der Waals surface area contributed by atoms with E-state index in [1.807, 2.05) is 0 Å². The van der Waals surface area contributed by atoms with Crippen LogP contribution < -0.4 is 5.32 Å². The molecule has 2 N–H and O–H groups in total. The third-order valence-electron chi connectivity index (χ3n) is 6.17. The van der Waals surface area contributed by atoms with Crippen LogP contribution in [0.2, 0.25) is 0 Å². The fraction of sp³-hybridized carbons (Fsp3) is 0.842. The van der Waals surface area contributed by atoms with E-state index < -0.39 is 17.9 Å². The molecule has 3 atom stereocenters. The van der Waals surface area contributed by atoms with Crippen LogP contribution in [0.15, 0.2) is 0 Å². The third-order valence-corrected chi connectivity index (χ3v) is 6.17. The van der Waals surface area contributed by atoms with E-state index in [1.165, 1.54) is 19.3 Å². The van der Waals surface area contributed by atoms with Crippen molar-refractivity contribution in [2.24, 2.45) is 23.7 Å². The standard InChI is InChI=1S/C19H30N2O4/c1-12(20-17(22)9-13-5-3-2-4-6-13)18(23)21-10-15(14-7-8-14)16(11-21)19(24)25/h12-16H,2-11H2,1H3,(H,20,22)(H,24,25)/t12?,15-,16+/m1/s1. The minimum absolute atomic E-state index is 0.0551. The van der Waals surface area contributed by atoms with Gasteiger partial charge in [-0.2, -0.15) is 0 Å². The van der Waals surface area contributed by atoms with Crippen molar-refractivity contribution in [1.29, 1.82) is 0 Å². The summed E-state index contributed by atoms with van der Waals surface area (Å²) in [4.78, 5) is 38.0. The molecule has 0 aromatic heterocycles. The van der Waals surface area contributed by atoms with Gasteiger partial charge in [-0.15, -0.1) is 0 Å². The van der Waals surface area contributed by atoms with E-state index >= 15 is 0 Å². The second-order valence-corrected chi connectivity index (χ2v) is 8.19. The molecule has 3 aliphatic rings. The lowest BCUT2D eigenvalue weighted by Gasteiger charge is -2.24. The van der Waals surface area contributed by atoms with Gasteiger partial charge in [-0.1, -0.05) is 19.3 Å². The average molecular weight is 350 g/mol. The van der Waals surface area contributed by atoms with Crippen molar-refractivity contribution in [3.05, 3.63) is 0 Å². The summed E-state index contributed by atoms with van der Waals surface area (Å²) in [5, 5.41) is 12.2. The summed E-state index contributed by atoms with van der Waals surface area (Å²) in [6.07, 6.45) is 8.50. The molecule has 2 amide bonds. The van der Waals surface area contributed by atoms with Gasteiger partial charge in [0, 0.05) is 19.5 Å². The summed E-state index contributed by atoms with van der Waals surface area (Å²) in [6.45, 7) is 2.50. The number of aliphatic carboxylic acids is 1. The van der Waals surface area contributed by atoms with E-state index in [-0.39, 0.29) is 24.3 Å². The predicted molar refractivity (Wildman–Crippen MR) is 92.7 cm³/mol. The van der Waals surface area contributed by atoms with Crippen molar-refractivity contribution < 1.29 is 19.5 Å². The Hall–Kier alpha value is -1.59. The number of rotatable bonds is 6. The highest BCUT2D eigenvalue weighted by atomic mass is 16.4. The molecule has 140 valence electrons. The molecule has 25 heavy (non-hydrogen) atoms. The molecule has 0 spiro atoms. The maximum atomic E-state index is 12.6. The molecular formula is C19H30N2O4. The van der Waals surface area contributed by atoms with Crippen LogP contribution in [0.4, 0.5) is 0 Å². The molecule has 0 aromatic carbocycles. The van der Waals surface area contributed by atoms with Gasteiger partial charge in [-0.25, -0.2) is 0 Å². The lowest BCUT2D eigenvalue weighted by atomic mass is 9.87. The highest BCUT2D eigenvalue weighted by molar-refractivity contribution is 5.88. The number of carboxylic acid groups (broad SMARTS) is 1. The second-order valence-electron chi connectivity index (χ2n) is 8.19. The van der Waals surface area contributed by atoms with Crippen molar-refractivity contribution in [3.8, 4) is 0 Å². The van der Waals surface area contributed by atoms with Gasteiger partial charge >= 0.3 is 5.97 Å². The fourth-order valence-corrected chi connectivity index (χ4v) is 4.56. The van der Waals surface area contributed by atoms with Gasteiger partial charge < -0.3 is 15.3 Å². The average Bonchev–Trinajstić information content (AvgIpc) is 3.33. The molecule has 6 heteroatoms. The summed E-state index contributed by atoms with van der Waals surface area (Å²) in [5.74, 6) is -0.491. The topological polar surface area (TPSA) is 86.7 Å². The smallest absolute Gasteiger partial charge is 0.308 e. The minimum atomic E-state index is -0.804. The van der Waals surface area contributed by atoms with Crippen molar-refractivity contribution in [2.75, 3.05) is 13.1 Å². The van der Waals surface area contributed by atoms with Gasteiger partial charge in [0.1, 0.15) is 6.04 Å². The molecule has 0 bridgehead atoms. The number of carboxylic acids is 1. The Bertz CT molecular complexity index is 526. The Labute approximate surface area is 149 Å². The zero-order chi connectivity index (χ0) is 18.0. The van der Waals surface area contributed by atoms with Gasteiger partial charge in [0.05, 0.1) is 5.92 Å². The lowest BCUT2D eigenvalue weighted by molar-refractivity contribution is -0.143. The summed E-state index contributed by atoms with van der Waals surface area (Å²) in [6, 6.07) is -0.580. The molecular weight excluding hydrogens is 320 g/mol. The number of hydrogen-bond donors (Lipinski definition) is 2. The molecule has 3 rings (SSSR count). The van der Waals surface area contributed by atoms with Crippen LogP contribution in [0.3, 0.4) is 0 Å². The number of nitrogens with zero attached hydrogens (tertiary/aromatic N) is 1. The maximum Gasteiger partial charge on any atom is 0.308 e. The molecule has 1 unspecified atom stereocenters. The number of nitrogens with one attached hydrogen (secondary N) is 1. The van der Waals surface area contributed by atoms with Crippen LogP contribution in [0.25, 0.3) is 0 Å². The SMILES string of the molecule is CC(NC(=O)CC1CCCCC1)C(=O)N1C[C@H](C(=O)O)[C@@H](C2CC2)C1. The molecule has 1 aliphatic heterocycles. The first-order valence-corrected chi connectivity index (χ1v) is 9.76. The van der Waals surface area contributed by atoms with Crippen LogP contribution >= 0.6 is 0 Å². The normalized spacial score (nSPS) is 28.6. The first-order valence-electron chi connectivity index (χ1n) is 9.76. The summed E-state index contributed by atoms with van der Waals surface area (Å²) >= 11 is 0. The van der Waals surface area contributed by atoms with Crippen molar-refractivity contribution in [2.45, 2.75) is 64.3 Å². The zero-order valence-electron chi connectivity index (χ0n) is 15.1. The van der Waals surface area contributed by atoms with Crippen molar-refractivity contribution in [1.82, 2.24) is 10.2 Å². The van der Waals surface area contributed by atoms with Gasteiger partial charge in [0.2, 0.25) is 11.8 Å². The third kappa shape index (κ3) is 4.53. The number of likely N-dealkylation sites (tertiary alicyclic amines) is 1. The quantitative estimate of drug-likeness (QED) is 0.767. The van der Waals surface area contributed by atoms with Crippen LogP contribution in [0.1, 0.15) is 58.3 Å². The lowest BCUT2D eigenvalue weighted by Crippen LogP contribution is -2.46. The summed E-state index contributed by atoms with van der Waals surface area (Å²) in [7, 11) is 0. The Balaban J connectivity index is 1.49. The molecule has 0 aromatic rings.